The summed E-state index contributed by atoms with van der Waals surface area (Å²) in [6.45, 7) is -0.109. The number of fused-ring (bicyclic) bond motifs is 1. The molecule has 3 heterocycles. The number of alkyl halides is 1. The van der Waals surface area contributed by atoms with Gasteiger partial charge in [-0.1, -0.05) is 0 Å². The molecule has 0 saturated heterocycles. The lowest BCUT2D eigenvalue weighted by Gasteiger charge is -2.05. The van der Waals surface area contributed by atoms with Crippen LogP contribution >= 0.6 is 0 Å². The lowest BCUT2D eigenvalue weighted by molar-refractivity contribution is -0.113. The van der Waals surface area contributed by atoms with Gasteiger partial charge in [0.1, 0.15) is 5.65 Å². The van der Waals surface area contributed by atoms with Crippen LogP contribution in [0.1, 0.15) is 12.0 Å². The summed E-state index contributed by atoms with van der Waals surface area (Å²) in [7, 11) is 0. The van der Waals surface area contributed by atoms with Crippen molar-refractivity contribution < 1.29 is 13.9 Å². The Bertz CT molecular complexity index is 903. The van der Waals surface area contributed by atoms with Crippen LogP contribution in [0.2, 0.25) is 0 Å². The number of nitrogens with two attached hydrogens (primary N) is 1. The molecule has 0 aliphatic heterocycles. The summed E-state index contributed by atoms with van der Waals surface area (Å²) in [6, 6.07) is 5.56. The number of aromatic nitrogens is 3. The van der Waals surface area contributed by atoms with E-state index in [2.05, 4.69) is 15.0 Å². The van der Waals surface area contributed by atoms with Crippen molar-refractivity contribution in [3.8, 4) is 17.0 Å². The number of hydrogen-bond acceptors (Lipinski definition) is 4. The Hall–Kier alpha value is -3.22. The molecule has 0 aliphatic carbocycles. The summed E-state index contributed by atoms with van der Waals surface area (Å²) in [5.41, 5.74) is 8.43. The summed E-state index contributed by atoms with van der Waals surface area (Å²) >= 11 is 0. The lowest BCUT2D eigenvalue weighted by atomic mass is 10.1. The number of primary amides is 1. The summed E-state index contributed by atoms with van der Waals surface area (Å²) in [4.78, 5) is 22.6. The van der Waals surface area contributed by atoms with Gasteiger partial charge in [-0.3, -0.25) is 9.18 Å². The minimum absolute atomic E-state index is 0.301. The Morgan fingerprint density at radius 3 is 2.84 bits per heavy atom. The van der Waals surface area contributed by atoms with Crippen LogP contribution in [-0.2, 0) is 4.79 Å². The summed E-state index contributed by atoms with van der Waals surface area (Å²) < 4.78 is 17.4. The third-order valence-corrected chi connectivity index (χ3v) is 3.59. The number of carbonyl (C=O) groups excluding carboxylic acids is 1. The number of halogens is 1. The monoisotopic (exact) mass is 340 g/mol. The van der Waals surface area contributed by atoms with Crippen molar-refractivity contribution in [2.75, 3.05) is 13.3 Å². The van der Waals surface area contributed by atoms with E-state index < -0.39 is 12.6 Å². The van der Waals surface area contributed by atoms with E-state index in [0.717, 1.165) is 22.1 Å². The van der Waals surface area contributed by atoms with Crippen LogP contribution in [0.15, 0.2) is 42.9 Å². The molecule has 3 N–H and O–H groups in total. The second-order valence-electron chi connectivity index (χ2n) is 5.38. The normalized spacial score (nSPS) is 11.2. The van der Waals surface area contributed by atoms with Gasteiger partial charge in [0.15, 0.2) is 0 Å². The number of amides is 1. The molecule has 0 bridgehead atoms. The maximum absolute atomic E-state index is 12.1. The number of ether oxygens (including phenoxy) is 1. The van der Waals surface area contributed by atoms with E-state index in [4.69, 9.17) is 10.5 Å². The Kier molecular flexibility index (Phi) is 5.03. The minimum atomic E-state index is -0.508. The fraction of sp³-hybridized carbons (Fsp3) is 0.167. The van der Waals surface area contributed by atoms with Crippen LogP contribution in [0.3, 0.4) is 0 Å². The van der Waals surface area contributed by atoms with Crippen molar-refractivity contribution in [2.24, 2.45) is 5.73 Å². The van der Waals surface area contributed by atoms with Gasteiger partial charge in [0.2, 0.25) is 11.8 Å². The molecule has 6 nitrogen and oxygen atoms in total. The van der Waals surface area contributed by atoms with E-state index in [1.807, 2.05) is 12.1 Å². The topological polar surface area (TPSA) is 93.9 Å². The molecule has 25 heavy (non-hydrogen) atoms. The quantitative estimate of drug-likeness (QED) is 0.511. The largest absolute Gasteiger partial charge is 0.478 e. The number of hydrogen-bond donors (Lipinski definition) is 2. The first kappa shape index (κ1) is 16.6. The molecule has 3 rings (SSSR count). The predicted octanol–water partition coefficient (Wildman–Crippen LogP) is 2.86. The van der Waals surface area contributed by atoms with Gasteiger partial charge in [-0.15, -0.1) is 0 Å². The van der Waals surface area contributed by atoms with Crippen molar-refractivity contribution in [3.05, 3.63) is 48.4 Å². The van der Waals surface area contributed by atoms with Crippen molar-refractivity contribution >= 4 is 23.0 Å². The fourth-order valence-electron chi connectivity index (χ4n) is 2.36. The second-order valence-corrected chi connectivity index (χ2v) is 5.38. The Morgan fingerprint density at radius 1 is 1.28 bits per heavy atom. The van der Waals surface area contributed by atoms with Crippen LogP contribution in [0.25, 0.3) is 28.2 Å². The summed E-state index contributed by atoms with van der Waals surface area (Å²) in [5.74, 6) is -0.0519. The van der Waals surface area contributed by atoms with Gasteiger partial charge >= 0.3 is 0 Å². The average molecular weight is 340 g/mol. The van der Waals surface area contributed by atoms with Crippen molar-refractivity contribution in [2.45, 2.75) is 6.42 Å². The smallest absolute Gasteiger partial charge is 0.241 e. The molecule has 0 fully saturated rings. The first-order valence-corrected chi connectivity index (χ1v) is 7.77. The van der Waals surface area contributed by atoms with Crippen molar-refractivity contribution in [1.82, 2.24) is 15.0 Å². The molecule has 128 valence electrons. The zero-order chi connectivity index (χ0) is 17.6. The van der Waals surface area contributed by atoms with E-state index in [1.165, 1.54) is 6.08 Å². The van der Waals surface area contributed by atoms with E-state index in [-0.39, 0.29) is 0 Å². The SMILES string of the molecule is NC(=O)C=Cc1c[nH]c2ncc(-c3ccc(OCCCF)nc3)cc12. The number of nitrogens with one attached hydrogen (secondary N) is 1. The van der Waals surface area contributed by atoms with Crippen LogP contribution in [0.4, 0.5) is 4.39 Å². The zero-order valence-electron chi connectivity index (χ0n) is 13.4. The standard InChI is InChI=1S/C18H17FN4O2/c19-6-1-7-25-17-5-3-12(9-21-17)14-8-15-13(2-4-16(20)24)10-22-18(15)23-11-14/h2-5,8-11H,1,6-7H2,(H2,20,24)(H,22,23). The number of aromatic amines is 1. The van der Waals surface area contributed by atoms with Crippen LogP contribution < -0.4 is 10.5 Å². The molecular weight excluding hydrogens is 323 g/mol. The van der Waals surface area contributed by atoms with Gasteiger partial charge in [-0.05, 0) is 18.2 Å². The molecule has 3 aromatic heterocycles. The third kappa shape index (κ3) is 4.00. The number of nitrogens with zero attached hydrogens (tertiary/aromatic N) is 2. The maximum atomic E-state index is 12.1. The lowest BCUT2D eigenvalue weighted by Crippen LogP contribution is -2.04. The van der Waals surface area contributed by atoms with Gasteiger partial charge in [-0.25, -0.2) is 9.97 Å². The van der Waals surface area contributed by atoms with Gasteiger partial charge in [0, 0.05) is 59.2 Å². The molecule has 7 heteroatoms. The second kappa shape index (κ2) is 7.57. The highest BCUT2D eigenvalue weighted by Gasteiger charge is 2.07. The molecule has 0 spiro atoms. The average Bonchev–Trinajstić information content (AvgIpc) is 3.03. The predicted molar refractivity (Wildman–Crippen MR) is 93.6 cm³/mol. The highest BCUT2D eigenvalue weighted by Crippen LogP contribution is 2.25. The van der Waals surface area contributed by atoms with E-state index >= 15 is 0 Å². The van der Waals surface area contributed by atoms with E-state index in [9.17, 15) is 9.18 Å². The van der Waals surface area contributed by atoms with Crippen LogP contribution in [-0.4, -0.2) is 34.1 Å². The highest BCUT2D eigenvalue weighted by molar-refractivity contribution is 5.95. The molecule has 0 saturated carbocycles. The van der Waals surface area contributed by atoms with Crippen molar-refractivity contribution in [1.29, 1.82) is 0 Å². The Labute approximate surface area is 143 Å². The fourth-order valence-corrected chi connectivity index (χ4v) is 2.36. The van der Waals surface area contributed by atoms with Gasteiger partial charge in [-0.2, -0.15) is 0 Å². The van der Waals surface area contributed by atoms with Gasteiger partial charge < -0.3 is 15.5 Å². The zero-order valence-corrected chi connectivity index (χ0v) is 13.4. The molecular formula is C18H17FN4O2. The number of carbonyl (C=O) groups is 1. The Morgan fingerprint density at radius 2 is 2.12 bits per heavy atom. The first-order chi connectivity index (χ1) is 12.2. The van der Waals surface area contributed by atoms with Crippen molar-refractivity contribution in [3.63, 3.8) is 0 Å². The van der Waals surface area contributed by atoms with Crippen LogP contribution in [0.5, 0.6) is 5.88 Å². The molecule has 0 radical (unpaired) electrons. The van der Waals surface area contributed by atoms with Crippen LogP contribution in [0, 0.1) is 0 Å². The minimum Gasteiger partial charge on any atom is -0.478 e. The van der Waals surface area contributed by atoms with Gasteiger partial charge in [0.05, 0.1) is 13.3 Å². The Balaban J connectivity index is 1.85. The molecule has 0 aliphatic rings. The molecule has 0 atom stereocenters. The highest BCUT2D eigenvalue weighted by atomic mass is 19.1. The molecule has 1 amide bonds. The number of pyridine rings is 2. The number of rotatable bonds is 7. The maximum Gasteiger partial charge on any atom is 0.241 e. The van der Waals surface area contributed by atoms with E-state index in [0.29, 0.717) is 24.6 Å². The first-order valence-electron chi connectivity index (χ1n) is 7.77. The van der Waals surface area contributed by atoms with E-state index in [1.54, 1.807) is 30.7 Å². The van der Waals surface area contributed by atoms with Gasteiger partial charge in [0.25, 0.3) is 0 Å². The molecule has 3 aromatic rings. The third-order valence-electron chi connectivity index (χ3n) is 3.59. The summed E-state index contributed by atoms with van der Waals surface area (Å²) in [5, 5.41) is 0.873. The number of H-pyrrole nitrogens is 1. The molecule has 0 unspecified atom stereocenters. The molecule has 0 aromatic carbocycles. The summed E-state index contributed by atoms with van der Waals surface area (Å²) in [6.07, 6.45) is 8.48.